The fourth-order valence-corrected chi connectivity index (χ4v) is 3.69. The van der Waals surface area contributed by atoms with Crippen LogP contribution in [0.4, 0.5) is 0 Å². The van der Waals surface area contributed by atoms with Crippen molar-refractivity contribution in [1.82, 2.24) is 5.32 Å². The first-order valence-electron chi connectivity index (χ1n) is 7.07. The van der Waals surface area contributed by atoms with Gasteiger partial charge in [0, 0.05) is 17.5 Å². The second-order valence-corrected chi connectivity index (χ2v) is 6.62. The molecule has 0 aliphatic carbocycles. The Kier molecular flexibility index (Phi) is 4.75. The number of piperidine rings is 1. The summed E-state index contributed by atoms with van der Waals surface area (Å²) in [5.41, 5.74) is 2.43. The number of halogens is 3. The molecule has 1 nitrogen and oxygen atoms in total. The fourth-order valence-electron chi connectivity index (χ4n) is 3.10. The lowest BCUT2D eigenvalue weighted by atomic mass is 9.77. The second kappa shape index (κ2) is 6.58. The highest BCUT2D eigenvalue weighted by Gasteiger charge is 2.29. The van der Waals surface area contributed by atoms with Crippen LogP contribution in [-0.4, -0.2) is 13.1 Å². The van der Waals surface area contributed by atoms with E-state index in [1.54, 1.807) is 0 Å². The fraction of sp³-hybridized carbons (Fsp3) is 0.294. The molecule has 4 heteroatoms. The Morgan fingerprint density at radius 2 is 1.67 bits per heavy atom. The highest BCUT2D eigenvalue weighted by Crippen LogP contribution is 2.41. The van der Waals surface area contributed by atoms with Gasteiger partial charge in [-0.2, -0.15) is 0 Å². The predicted molar refractivity (Wildman–Crippen MR) is 90.9 cm³/mol. The van der Waals surface area contributed by atoms with Crippen LogP contribution in [0, 0.1) is 0 Å². The molecule has 0 saturated carbocycles. The van der Waals surface area contributed by atoms with E-state index >= 15 is 0 Å². The second-order valence-electron chi connectivity index (χ2n) is 5.40. The van der Waals surface area contributed by atoms with E-state index in [4.69, 9.17) is 34.8 Å². The first kappa shape index (κ1) is 15.2. The van der Waals surface area contributed by atoms with E-state index < -0.39 is 0 Å². The Bertz CT molecular complexity index is 642. The third-order valence-corrected chi connectivity index (χ3v) is 5.24. The molecule has 1 aliphatic rings. The van der Waals surface area contributed by atoms with Gasteiger partial charge in [-0.05, 0) is 48.2 Å². The van der Waals surface area contributed by atoms with Crippen molar-refractivity contribution in [2.24, 2.45) is 0 Å². The van der Waals surface area contributed by atoms with Gasteiger partial charge in [-0.3, -0.25) is 0 Å². The van der Waals surface area contributed by atoms with E-state index in [-0.39, 0.29) is 0 Å². The molecule has 2 unspecified atom stereocenters. The minimum Gasteiger partial charge on any atom is -0.316 e. The zero-order valence-corrected chi connectivity index (χ0v) is 13.7. The molecular formula is C17H16Cl3N. The summed E-state index contributed by atoms with van der Waals surface area (Å²) in [5, 5.41) is 5.52. The number of hydrogen-bond acceptors (Lipinski definition) is 1. The van der Waals surface area contributed by atoms with Crippen molar-refractivity contribution in [3.63, 3.8) is 0 Å². The third kappa shape index (κ3) is 3.22. The van der Waals surface area contributed by atoms with Crippen molar-refractivity contribution in [3.05, 3.63) is 68.7 Å². The highest BCUT2D eigenvalue weighted by atomic mass is 35.5. The van der Waals surface area contributed by atoms with Gasteiger partial charge in [0.25, 0.3) is 0 Å². The minimum atomic E-state index is 0.352. The van der Waals surface area contributed by atoms with E-state index in [2.05, 4.69) is 17.4 Å². The van der Waals surface area contributed by atoms with Gasteiger partial charge in [-0.25, -0.2) is 0 Å². The van der Waals surface area contributed by atoms with Crippen LogP contribution in [0.5, 0.6) is 0 Å². The molecule has 0 amide bonds. The normalized spacial score (nSPS) is 22.2. The zero-order chi connectivity index (χ0) is 14.8. The number of nitrogens with one attached hydrogen (secondary N) is 1. The first-order valence-corrected chi connectivity index (χ1v) is 8.20. The molecule has 1 fully saturated rings. The van der Waals surface area contributed by atoms with Gasteiger partial charge in [0.05, 0.1) is 10.0 Å². The maximum absolute atomic E-state index is 6.39. The summed E-state index contributed by atoms with van der Waals surface area (Å²) in [5.74, 6) is 0.755. The summed E-state index contributed by atoms with van der Waals surface area (Å²) in [6.45, 7) is 1.93. The smallest absolute Gasteiger partial charge is 0.0595 e. The predicted octanol–water partition coefficient (Wildman–Crippen LogP) is 5.51. The molecule has 3 rings (SSSR count). The lowest BCUT2D eigenvalue weighted by Crippen LogP contribution is -2.34. The molecule has 0 radical (unpaired) electrons. The number of rotatable bonds is 2. The quantitative estimate of drug-likeness (QED) is 0.760. The van der Waals surface area contributed by atoms with Crippen molar-refractivity contribution in [2.75, 3.05) is 13.1 Å². The summed E-state index contributed by atoms with van der Waals surface area (Å²) < 4.78 is 0. The summed E-state index contributed by atoms with van der Waals surface area (Å²) >= 11 is 18.6. The molecule has 21 heavy (non-hydrogen) atoms. The van der Waals surface area contributed by atoms with Crippen LogP contribution in [0.1, 0.15) is 29.4 Å². The Labute approximate surface area is 140 Å². The lowest BCUT2D eigenvalue weighted by Gasteiger charge is -2.33. The van der Waals surface area contributed by atoms with Crippen LogP contribution in [0.15, 0.2) is 42.5 Å². The molecule has 110 valence electrons. The maximum Gasteiger partial charge on any atom is 0.0595 e. The molecule has 2 atom stereocenters. The van der Waals surface area contributed by atoms with Crippen LogP contribution in [0.2, 0.25) is 15.1 Å². The molecule has 0 bridgehead atoms. The third-order valence-electron chi connectivity index (χ3n) is 4.16. The average molecular weight is 341 g/mol. The molecule has 1 heterocycles. The van der Waals surface area contributed by atoms with Gasteiger partial charge in [0.2, 0.25) is 0 Å². The van der Waals surface area contributed by atoms with Gasteiger partial charge in [-0.1, -0.05) is 59.1 Å². The molecule has 2 aromatic rings. The van der Waals surface area contributed by atoms with E-state index in [0.29, 0.717) is 21.9 Å². The van der Waals surface area contributed by atoms with E-state index in [1.165, 1.54) is 11.1 Å². The Morgan fingerprint density at radius 1 is 0.857 bits per heavy atom. The molecule has 0 aromatic heterocycles. The van der Waals surface area contributed by atoms with Crippen LogP contribution in [0.25, 0.3) is 0 Å². The van der Waals surface area contributed by atoms with Crippen molar-refractivity contribution in [1.29, 1.82) is 0 Å². The highest BCUT2D eigenvalue weighted by molar-refractivity contribution is 6.42. The maximum atomic E-state index is 6.39. The van der Waals surface area contributed by atoms with Crippen LogP contribution >= 0.6 is 34.8 Å². The molecule has 0 spiro atoms. The van der Waals surface area contributed by atoms with Gasteiger partial charge < -0.3 is 5.32 Å². The average Bonchev–Trinajstić information content (AvgIpc) is 2.51. The van der Waals surface area contributed by atoms with Gasteiger partial charge in [-0.15, -0.1) is 0 Å². The molecule has 1 aliphatic heterocycles. The first-order chi connectivity index (χ1) is 10.2. The van der Waals surface area contributed by atoms with Crippen molar-refractivity contribution >= 4 is 34.8 Å². The standard InChI is InChI=1S/C17H16Cl3N/c18-15-4-2-1-3-13(15)14-10-21-8-7-12(14)11-5-6-16(19)17(20)9-11/h1-6,9,12,14,21H,7-8,10H2. The monoisotopic (exact) mass is 339 g/mol. The topological polar surface area (TPSA) is 12.0 Å². The SMILES string of the molecule is Clc1ccc(C2CCNCC2c2ccccc2Cl)cc1Cl. The van der Waals surface area contributed by atoms with Crippen molar-refractivity contribution in [3.8, 4) is 0 Å². The Hall–Kier alpha value is -0.730. The summed E-state index contributed by atoms with van der Waals surface area (Å²) in [7, 11) is 0. The van der Waals surface area contributed by atoms with Crippen molar-refractivity contribution < 1.29 is 0 Å². The Balaban J connectivity index is 1.98. The largest absolute Gasteiger partial charge is 0.316 e. The zero-order valence-electron chi connectivity index (χ0n) is 11.5. The summed E-state index contributed by atoms with van der Waals surface area (Å²) in [6.07, 6.45) is 1.06. The number of benzene rings is 2. The minimum absolute atomic E-state index is 0.352. The summed E-state index contributed by atoms with van der Waals surface area (Å²) in [4.78, 5) is 0. The van der Waals surface area contributed by atoms with E-state index in [9.17, 15) is 0 Å². The number of hydrogen-bond donors (Lipinski definition) is 1. The van der Waals surface area contributed by atoms with E-state index in [1.807, 2.05) is 30.3 Å². The van der Waals surface area contributed by atoms with Crippen molar-refractivity contribution in [2.45, 2.75) is 18.3 Å². The Morgan fingerprint density at radius 3 is 2.43 bits per heavy atom. The van der Waals surface area contributed by atoms with Crippen LogP contribution in [-0.2, 0) is 0 Å². The molecular weight excluding hydrogens is 325 g/mol. The van der Waals surface area contributed by atoms with Crippen LogP contribution in [0.3, 0.4) is 0 Å². The van der Waals surface area contributed by atoms with E-state index in [0.717, 1.165) is 24.5 Å². The van der Waals surface area contributed by atoms with Gasteiger partial charge in [0.15, 0.2) is 0 Å². The van der Waals surface area contributed by atoms with Crippen LogP contribution < -0.4 is 5.32 Å². The summed E-state index contributed by atoms with van der Waals surface area (Å²) in [6, 6.07) is 14.0. The molecule has 1 saturated heterocycles. The molecule has 2 aromatic carbocycles. The van der Waals surface area contributed by atoms with Gasteiger partial charge >= 0.3 is 0 Å². The van der Waals surface area contributed by atoms with Gasteiger partial charge in [0.1, 0.15) is 0 Å². The molecule has 1 N–H and O–H groups in total. The lowest BCUT2D eigenvalue weighted by molar-refractivity contribution is 0.404.